The van der Waals surface area contributed by atoms with Gasteiger partial charge in [-0.1, -0.05) is 12.1 Å². The molecule has 0 radical (unpaired) electrons. The molecule has 1 fully saturated rings. The van der Waals surface area contributed by atoms with Crippen LogP contribution >= 0.6 is 0 Å². The van der Waals surface area contributed by atoms with E-state index in [9.17, 15) is 4.79 Å². The van der Waals surface area contributed by atoms with Gasteiger partial charge in [0.2, 0.25) is 5.91 Å². The lowest BCUT2D eigenvalue weighted by Crippen LogP contribution is -2.24. The minimum absolute atomic E-state index is 0.000460. The van der Waals surface area contributed by atoms with Gasteiger partial charge in [0, 0.05) is 43.0 Å². The van der Waals surface area contributed by atoms with E-state index in [1.165, 1.54) is 11.1 Å². The van der Waals surface area contributed by atoms with Crippen LogP contribution in [-0.2, 0) is 16.9 Å². The zero-order chi connectivity index (χ0) is 18.0. The fraction of sp³-hybridized carbons (Fsp3) is 0.500. The van der Waals surface area contributed by atoms with Gasteiger partial charge in [-0.05, 0) is 51.8 Å². The van der Waals surface area contributed by atoms with Crippen LogP contribution in [0.1, 0.15) is 57.7 Å². The van der Waals surface area contributed by atoms with Gasteiger partial charge in [-0.25, -0.2) is 0 Å². The highest BCUT2D eigenvalue weighted by Gasteiger charge is 2.22. The lowest BCUT2D eigenvalue weighted by molar-refractivity contribution is -0.117. The van der Waals surface area contributed by atoms with Gasteiger partial charge in [0.1, 0.15) is 0 Å². The maximum absolute atomic E-state index is 12.0. The van der Waals surface area contributed by atoms with E-state index >= 15 is 0 Å². The number of amides is 1. The van der Waals surface area contributed by atoms with Gasteiger partial charge in [-0.2, -0.15) is 5.10 Å². The molecule has 5 nitrogen and oxygen atoms in total. The molecule has 0 unspecified atom stereocenters. The molecule has 1 amide bonds. The van der Waals surface area contributed by atoms with Crippen molar-refractivity contribution in [3.05, 3.63) is 47.8 Å². The highest BCUT2D eigenvalue weighted by atomic mass is 16.2. The first-order valence-electron chi connectivity index (χ1n) is 9.02. The molecule has 1 atom stereocenters. The third-order valence-corrected chi connectivity index (χ3v) is 4.69. The van der Waals surface area contributed by atoms with Crippen molar-refractivity contribution in [3.63, 3.8) is 0 Å². The summed E-state index contributed by atoms with van der Waals surface area (Å²) in [7, 11) is 0. The Morgan fingerprint density at radius 2 is 2.12 bits per heavy atom. The predicted octanol–water partition coefficient (Wildman–Crippen LogP) is 3.62. The summed E-state index contributed by atoms with van der Waals surface area (Å²) >= 11 is 0. The molecule has 2 aromatic rings. The first-order chi connectivity index (χ1) is 11.8. The minimum Gasteiger partial charge on any atom is -0.312 e. The first kappa shape index (κ1) is 17.7. The smallest absolute Gasteiger partial charge is 0.227 e. The van der Waals surface area contributed by atoms with Crippen LogP contribution in [0.25, 0.3) is 0 Å². The Bertz CT molecular complexity index is 744. The maximum atomic E-state index is 12.0. The Kier molecular flexibility index (Phi) is 4.95. The number of carbonyl (C=O) groups excluding carboxylic acids is 1. The van der Waals surface area contributed by atoms with E-state index in [1.54, 1.807) is 0 Å². The lowest BCUT2D eigenvalue weighted by atomic mass is 10.1. The van der Waals surface area contributed by atoms with Gasteiger partial charge in [0.15, 0.2) is 0 Å². The normalized spacial score (nSPS) is 16.5. The molecule has 0 spiro atoms. The molecule has 0 saturated carbocycles. The van der Waals surface area contributed by atoms with Crippen molar-refractivity contribution in [1.29, 1.82) is 0 Å². The van der Waals surface area contributed by atoms with Gasteiger partial charge in [-0.3, -0.25) is 9.48 Å². The lowest BCUT2D eigenvalue weighted by Gasteiger charge is -2.20. The summed E-state index contributed by atoms with van der Waals surface area (Å²) in [6, 6.07) is 8.49. The molecule has 1 aliphatic rings. The van der Waals surface area contributed by atoms with Crippen molar-refractivity contribution in [2.75, 3.05) is 11.4 Å². The van der Waals surface area contributed by atoms with Crippen LogP contribution in [0.15, 0.2) is 36.7 Å². The van der Waals surface area contributed by atoms with Crippen LogP contribution in [0.4, 0.5) is 5.69 Å². The molecule has 1 aromatic heterocycles. The third kappa shape index (κ3) is 4.10. The quantitative estimate of drug-likeness (QED) is 0.904. The molecule has 0 bridgehead atoms. The standard InChI is InChI=1S/C20H28N4O/c1-15(21-12-16-13-22-24(14-16)20(2,3)4)17-7-5-8-18(11-17)23-10-6-9-19(23)25/h5,7-8,11,13-15,21H,6,9-10,12H2,1-4H3/t15-/m1/s1. The Morgan fingerprint density at radius 3 is 2.76 bits per heavy atom. The van der Waals surface area contributed by atoms with Gasteiger partial charge < -0.3 is 10.2 Å². The van der Waals surface area contributed by atoms with E-state index in [0.717, 1.165) is 25.2 Å². The van der Waals surface area contributed by atoms with Crippen LogP contribution < -0.4 is 10.2 Å². The average molecular weight is 340 g/mol. The van der Waals surface area contributed by atoms with Crippen LogP contribution in [-0.4, -0.2) is 22.2 Å². The molecular formula is C20H28N4O. The molecule has 2 heterocycles. The number of rotatable bonds is 5. The summed E-state index contributed by atoms with van der Waals surface area (Å²) in [4.78, 5) is 13.8. The predicted molar refractivity (Wildman–Crippen MR) is 101 cm³/mol. The Hall–Kier alpha value is -2.14. The fourth-order valence-corrected chi connectivity index (χ4v) is 3.09. The summed E-state index contributed by atoms with van der Waals surface area (Å²) in [5.74, 6) is 0.229. The third-order valence-electron chi connectivity index (χ3n) is 4.69. The molecule has 25 heavy (non-hydrogen) atoms. The topological polar surface area (TPSA) is 50.2 Å². The minimum atomic E-state index is 0.000460. The number of benzene rings is 1. The second kappa shape index (κ2) is 7.00. The summed E-state index contributed by atoms with van der Waals surface area (Å²) in [6.45, 7) is 10.2. The van der Waals surface area contributed by atoms with Crippen LogP contribution in [0.2, 0.25) is 0 Å². The van der Waals surface area contributed by atoms with E-state index in [1.807, 2.05) is 27.9 Å². The molecular weight excluding hydrogens is 312 g/mol. The van der Waals surface area contributed by atoms with Crippen molar-refractivity contribution in [2.24, 2.45) is 0 Å². The van der Waals surface area contributed by atoms with E-state index in [2.05, 4.69) is 56.4 Å². The zero-order valence-electron chi connectivity index (χ0n) is 15.6. The number of anilines is 1. The number of aromatic nitrogens is 2. The van der Waals surface area contributed by atoms with Gasteiger partial charge in [-0.15, -0.1) is 0 Å². The SMILES string of the molecule is C[C@@H](NCc1cnn(C(C)(C)C)c1)c1cccc(N2CCCC2=O)c1. The summed E-state index contributed by atoms with van der Waals surface area (Å²) < 4.78 is 1.99. The molecule has 1 aromatic carbocycles. The number of hydrogen-bond acceptors (Lipinski definition) is 3. The molecule has 0 aliphatic carbocycles. The van der Waals surface area contributed by atoms with Gasteiger partial charge in [0.25, 0.3) is 0 Å². The Morgan fingerprint density at radius 1 is 1.32 bits per heavy atom. The fourth-order valence-electron chi connectivity index (χ4n) is 3.09. The maximum Gasteiger partial charge on any atom is 0.227 e. The summed E-state index contributed by atoms with van der Waals surface area (Å²) in [5.41, 5.74) is 3.38. The van der Waals surface area contributed by atoms with Gasteiger partial charge >= 0.3 is 0 Å². The molecule has 1 saturated heterocycles. The van der Waals surface area contributed by atoms with Crippen molar-refractivity contribution in [2.45, 2.75) is 58.7 Å². The van der Waals surface area contributed by atoms with Crippen molar-refractivity contribution >= 4 is 11.6 Å². The van der Waals surface area contributed by atoms with Crippen LogP contribution in [0.3, 0.4) is 0 Å². The molecule has 1 N–H and O–H groups in total. The number of nitrogens with zero attached hydrogens (tertiary/aromatic N) is 3. The van der Waals surface area contributed by atoms with E-state index < -0.39 is 0 Å². The van der Waals surface area contributed by atoms with E-state index in [4.69, 9.17) is 0 Å². The second-order valence-corrected chi connectivity index (χ2v) is 7.81. The Labute approximate surface area is 150 Å². The van der Waals surface area contributed by atoms with E-state index in [0.29, 0.717) is 6.42 Å². The Balaban J connectivity index is 1.64. The van der Waals surface area contributed by atoms with Crippen molar-refractivity contribution < 1.29 is 4.79 Å². The number of carbonyl (C=O) groups is 1. The molecule has 3 rings (SSSR count). The number of nitrogens with one attached hydrogen (secondary N) is 1. The van der Waals surface area contributed by atoms with Crippen LogP contribution in [0, 0.1) is 0 Å². The number of hydrogen-bond donors (Lipinski definition) is 1. The zero-order valence-corrected chi connectivity index (χ0v) is 15.6. The average Bonchev–Trinajstić information content (AvgIpc) is 3.21. The van der Waals surface area contributed by atoms with E-state index in [-0.39, 0.29) is 17.5 Å². The molecule has 1 aliphatic heterocycles. The van der Waals surface area contributed by atoms with Crippen molar-refractivity contribution in [3.8, 4) is 0 Å². The monoisotopic (exact) mass is 340 g/mol. The van der Waals surface area contributed by atoms with Crippen LogP contribution in [0.5, 0.6) is 0 Å². The summed E-state index contributed by atoms with van der Waals surface area (Å²) in [5, 5.41) is 8.00. The van der Waals surface area contributed by atoms with Crippen molar-refractivity contribution in [1.82, 2.24) is 15.1 Å². The first-order valence-corrected chi connectivity index (χ1v) is 9.02. The highest BCUT2D eigenvalue weighted by molar-refractivity contribution is 5.95. The summed E-state index contributed by atoms with van der Waals surface area (Å²) in [6.07, 6.45) is 5.63. The molecule has 5 heteroatoms. The largest absolute Gasteiger partial charge is 0.312 e. The molecule has 134 valence electrons. The van der Waals surface area contributed by atoms with Gasteiger partial charge in [0.05, 0.1) is 11.7 Å². The second-order valence-electron chi connectivity index (χ2n) is 7.81. The highest BCUT2D eigenvalue weighted by Crippen LogP contribution is 2.25.